The van der Waals surface area contributed by atoms with Crippen molar-refractivity contribution < 1.29 is 9.53 Å². The number of benzene rings is 3. The Morgan fingerprint density at radius 1 is 1.03 bits per heavy atom. The number of carbonyl (C=O) groups is 1. The van der Waals surface area contributed by atoms with E-state index in [2.05, 4.69) is 27.8 Å². The highest BCUT2D eigenvalue weighted by atomic mass is 35.5. The number of imidazole rings is 1. The third-order valence-corrected chi connectivity index (χ3v) is 5.29. The number of hydrogen-bond acceptors (Lipinski definition) is 3. The minimum atomic E-state index is -0.329. The van der Waals surface area contributed by atoms with Crippen molar-refractivity contribution in [2.45, 2.75) is 20.4 Å². The van der Waals surface area contributed by atoms with Crippen molar-refractivity contribution in [3.05, 3.63) is 88.7 Å². The lowest BCUT2D eigenvalue weighted by Crippen LogP contribution is -2.06. The molecule has 0 radical (unpaired) electrons. The zero-order valence-corrected chi connectivity index (χ0v) is 17.1. The molecule has 146 valence electrons. The standard InChI is InChI=1S/C24H21ClN2O2/c1-3-29-24(28)19-11-12-22-23(14-19)27(16(2)26-22)15-20-10-9-18(13-21(20)25)17-7-5-4-6-8-17/h4-14H,3,15H2,1-2H3. The van der Waals surface area contributed by atoms with E-state index in [0.717, 1.165) is 33.5 Å². The molecule has 0 unspecified atom stereocenters. The van der Waals surface area contributed by atoms with Crippen molar-refractivity contribution in [3.8, 4) is 11.1 Å². The van der Waals surface area contributed by atoms with Gasteiger partial charge in [0, 0.05) is 5.02 Å². The third-order valence-electron chi connectivity index (χ3n) is 4.94. The minimum absolute atomic E-state index is 0.329. The molecule has 0 aliphatic heterocycles. The molecule has 0 saturated heterocycles. The zero-order valence-electron chi connectivity index (χ0n) is 16.4. The van der Waals surface area contributed by atoms with Gasteiger partial charge in [-0.25, -0.2) is 9.78 Å². The average molecular weight is 405 g/mol. The Morgan fingerprint density at radius 2 is 1.83 bits per heavy atom. The summed E-state index contributed by atoms with van der Waals surface area (Å²) < 4.78 is 7.20. The molecule has 5 heteroatoms. The smallest absolute Gasteiger partial charge is 0.338 e. The molecule has 0 saturated carbocycles. The number of halogens is 1. The van der Waals surface area contributed by atoms with Crippen LogP contribution in [0.2, 0.25) is 5.02 Å². The van der Waals surface area contributed by atoms with Gasteiger partial charge in [0.2, 0.25) is 0 Å². The second-order valence-electron chi connectivity index (χ2n) is 6.84. The SMILES string of the molecule is CCOC(=O)c1ccc2nc(C)n(Cc3ccc(-c4ccccc4)cc3Cl)c2c1. The second-order valence-corrected chi connectivity index (χ2v) is 7.25. The Labute approximate surface area is 174 Å². The van der Waals surface area contributed by atoms with Crippen LogP contribution in [0.1, 0.15) is 28.7 Å². The fraction of sp³-hybridized carbons (Fsp3) is 0.167. The topological polar surface area (TPSA) is 44.1 Å². The van der Waals surface area contributed by atoms with Gasteiger partial charge in [0.05, 0.1) is 29.7 Å². The first kappa shape index (κ1) is 19.2. The average Bonchev–Trinajstić information content (AvgIpc) is 3.04. The molecular formula is C24H21ClN2O2. The molecule has 1 heterocycles. The van der Waals surface area contributed by atoms with Crippen molar-refractivity contribution in [1.82, 2.24) is 9.55 Å². The zero-order chi connectivity index (χ0) is 20.4. The van der Waals surface area contributed by atoms with Gasteiger partial charge in [-0.3, -0.25) is 0 Å². The van der Waals surface area contributed by atoms with Crippen LogP contribution in [0.15, 0.2) is 66.7 Å². The third kappa shape index (κ3) is 3.89. The molecule has 4 rings (SSSR count). The van der Waals surface area contributed by atoms with Gasteiger partial charge in [-0.1, -0.05) is 54.1 Å². The van der Waals surface area contributed by atoms with Crippen molar-refractivity contribution in [2.75, 3.05) is 6.61 Å². The number of fused-ring (bicyclic) bond motifs is 1. The van der Waals surface area contributed by atoms with Gasteiger partial charge in [0.15, 0.2) is 0 Å². The maximum atomic E-state index is 12.1. The second kappa shape index (κ2) is 8.10. The number of hydrogen-bond donors (Lipinski definition) is 0. The number of aromatic nitrogens is 2. The van der Waals surface area contributed by atoms with E-state index in [0.29, 0.717) is 23.7 Å². The first-order valence-corrected chi connectivity index (χ1v) is 9.92. The molecule has 0 fully saturated rings. The van der Waals surface area contributed by atoms with E-state index in [1.54, 1.807) is 13.0 Å². The van der Waals surface area contributed by atoms with Crippen molar-refractivity contribution >= 4 is 28.6 Å². The maximum Gasteiger partial charge on any atom is 0.338 e. The number of rotatable bonds is 5. The predicted molar refractivity (Wildman–Crippen MR) is 116 cm³/mol. The monoisotopic (exact) mass is 404 g/mol. The summed E-state index contributed by atoms with van der Waals surface area (Å²) in [6.07, 6.45) is 0. The molecule has 1 aromatic heterocycles. The van der Waals surface area contributed by atoms with Crippen LogP contribution in [-0.4, -0.2) is 22.1 Å². The molecule has 3 aromatic carbocycles. The number of aryl methyl sites for hydroxylation is 1. The van der Waals surface area contributed by atoms with Gasteiger partial charge in [-0.05, 0) is 54.8 Å². The molecule has 0 spiro atoms. The van der Waals surface area contributed by atoms with E-state index in [-0.39, 0.29) is 5.97 Å². The van der Waals surface area contributed by atoms with E-state index in [1.807, 2.05) is 49.4 Å². The number of esters is 1. The van der Waals surface area contributed by atoms with E-state index in [1.165, 1.54) is 0 Å². The quantitative estimate of drug-likeness (QED) is 0.389. The van der Waals surface area contributed by atoms with Gasteiger partial charge in [-0.15, -0.1) is 0 Å². The molecule has 0 aliphatic carbocycles. The van der Waals surface area contributed by atoms with Gasteiger partial charge < -0.3 is 9.30 Å². The summed E-state index contributed by atoms with van der Waals surface area (Å²) in [6.45, 7) is 4.67. The highest BCUT2D eigenvalue weighted by Gasteiger charge is 2.14. The number of carbonyl (C=O) groups excluding carboxylic acids is 1. The number of nitrogens with zero attached hydrogens (tertiary/aromatic N) is 2. The van der Waals surface area contributed by atoms with Crippen molar-refractivity contribution in [3.63, 3.8) is 0 Å². The van der Waals surface area contributed by atoms with Crippen molar-refractivity contribution in [1.29, 1.82) is 0 Å². The Bertz CT molecular complexity index is 1180. The maximum absolute atomic E-state index is 12.1. The summed E-state index contributed by atoms with van der Waals surface area (Å²) in [4.78, 5) is 16.7. The molecule has 4 nitrogen and oxygen atoms in total. The Hall–Kier alpha value is -3.11. The van der Waals surface area contributed by atoms with Gasteiger partial charge in [0.1, 0.15) is 5.82 Å². The summed E-state index contributed by atoms with van der Waals surface area (Å²) in [6, 6.07) is 21.7. The van der Waals surface area contributed by atoms with Crippen LogP contribution in [0, 0.1) is 6.92 Å². The minimum Gasteiger partial charge on any atom is -0.462 e. The van der Waals surface area contributed by atoms with Gasteiger partial charge in [0.25, 0.3) is 0 Å². The largest absolute Gasteiger partial charge is 0.462 e. The fourth-order valence-corrected chi connectivity index (χ4v) is 3.68. The summed E-state index contributed by atoms with van der Waals surface area (Å²) >= 11 is 6.61. The lowest BCUT2D eigenvalue weighted by Gasteiger charge is -2.11. The van der Waals surface area contributed by atoms with E-state index >= 15 is 0 Å². The molecule has 0 N–H and O–H groups in total. The van der Waals surface area contributed by atoms with Crippen LogP contribution in [-0.2, 0) is 11.3 Å². The summed E-state index contributed by atoms with van der Waals surface area (Å²) in [5.74, 6) is 0.536. The lowest BCUT2D eigenvalue weighted by atomic mass is 10.0. The van der Waals surface area contributed by atoms with Crippen LogP contribution < -0.4 is 0 Å². The molecule has 29 heavy (non-hydrogen) atoms. The first-order valence-electron chi connectivity index (χ1n) is 9.54. The van der Waals surface area contributed by atoms with Crippen LogP contribution in [0.25, 0.3) is 22.2 Å². The fourth-order valence-electron chi connectivity index (χ4n) is 3.44. The van der Waals surface area contributed by atoms with E-state index in [4.69, 9.17) is 16.3 Å². The Morgan fingerprint density at radius 3 is 2.55 bits per heavy atom. The normalized spacial score (nSPS) is 11.0. The highest BCUT2D eigenvalue weighted by Crippen LogP contribution is 2.28. The summed E-state index contributed by atoms with van der Waals surface area (Å²) in [5.41, 5.74) is 5.45. The molecule has 0 atom stereocenters. The van der Waals surface area contributed by atoms with Gasteiger partial charge >= 0.3 is 5.97 Å². The Kier molecular flexibility index (Phi) is 5.36. The molecular weight excluding hydrogens is 384 g/mol. The number of ether oxygens (including phenoxy) is 1. The van der Waals surface area contributed by atoms with Crippen LogP contribution in [0.4, 0.5) is 0 Å². The van der Waals surface area contributed by atoms with E-state index in [9.17, 15) is 4.79 Å². The van der Waals surface area contributed by atoms with E-state index < -0.39 is 0 Å². The Balaban J connectivity index is 1.69. The van der Waals surface area contributed by atoms with Crippen molar-refractivity contribution in [2.24, 2.45) is 0 Å². The molecule has 4 aromatic rings. The lowest BCUT2D eigenvalue weighted by molar-refractivity contribution is 0.0526. The molecule has 0 bridgehead atoms. The molecule has 0 amide bonds. The van der Waals surface area contributed by atoms with Crippen LogP contribution in [0.5, 0.6) is 0 Å². The first-order chi connectivity index (χ1) is 14.1. The van der Waals surface area contributed by atoms with Crippen LogP contribution >= 0.6 is 11.6 Å². The van der Waals surface area contributed by atoms with Gasteiger partial charge in [-0.2, -0.15) is 0 Å². The molecule has 0 aliphatic rings. The summed E-state index contributed by atoms with van der Waals surface area (Å²) in [5, 5.41) is 0.703. The van der Waals surface area contributed by atoms with Crippen LogP contribution in [0.3, 0.4) is 0 Å². The predicted octanol–water partition coefficient (Wildman–Crippen LogP) is 5.89. The highest BCUT2D eigenvalue weighted by molar-refractivity contribution is 6.31. The summed E-state index contributed by atoms with van der Waals surface area (Å²) in [7, 11) is 0.